The molecule has 0 aliphatic carbocycles. The van der Waals surface area contributed by atoms with E-state index in [-0.39, 0.29) is 11.9 Å². The molecule has 0 spiro atoms. The summed E-state index contributed by atoms with van der Waals surface area (Å²) in [5, 5.41) is 3.91. The van der Waals surface area contributed by atoms with Crippen LogP contribution in [-0.2, 0) is 11.2 Å². The fraction of sp³-hybridized carbons (Fsp3) is 0.381. The van der Waals surface area contributed by atoms with E-state index in [0.29, 0.717) is 15.7 Å². The molecule has 1 amide bonds. The second-order valence-electron chi connectivity index (χ2n) is 6.90. The molecule has 1 unspecified atom stereocenters. The average molecular weight is 406 g/mol. The van der Waals surface area contributed by atoms with Gasteiger partial charge in [-0.3, -0.25) is 9.69 Å². The molecule has 3 rings (SSSR count). The molecule has 144 valence electrons. The van der Waals surface area contributed by atoms with Crippen LogP contribution in [0.15, 0.2) is 48.5 Å². The van der Waals surface area contributed by atoms with Crippen molar-refractivity contribution in [3.05, 3.63) is 64.1 Å². The topological polar surface area (TPSA) is 35.6 Å². The summed E-state index contributed by atoms with van der Waals surface area (Å²) in [6.07, 6.45) is 1.06. The number of halogens is 2. The second-order valence-corrected chi connectivity index (χ2v) is 7.75. The molecule has 2 aromatic rings. The number of hydrogen-bond donors (Lipinski definition) is 1. The summed E-state index contributed by atoms with van der Waals surface area (Å²) < 4.78 is 0. The van der Waals surface area contributed by atoms with E-state index in [1.165, 1.54) is 5.56 Å². The number of carbonyl (C=O) groups excluding carboxylic acids is 1. The summed E-state index contributed by atoms with van der Waals surface area (Å²) >= 11 is 12.1. The maximum atomic E-state index is 12.6. The molecule has 0 saturated carbocycles. The van der Waals surface area contributed by atoms with Gasteiger partial charge in [-0.05, 0) is 37.1 Å². The van der Waals surface area contributed by atoms with Crippen LogP contribution in [0, 0.1) is 0 Å². The number of nitrogens with one attached hydrogen (secondary N) is 1. The highest BCUT2D eigenvalue weighted by Crippen LogP contribution is 2.25. The van der Waals surface area contributed by atoms with E-state index in [9.17, 15) is 4.79 Å². The molecule has 1 N–H and O–H groups in total. The Balaban J connectivity index is 1.46. The van der Waals surface area contributed by atoms with Crippen LogP contribution in [-0.4, -0.2) is 54.5 Å². The van der Waals surface area contributed by atoms with Gasteiger partial charge in [0.2, 0.25) is 5.91 Å². The third-order valence-electron chi connectivity index (χ3n) is 5.08. The van der Waals surface area contributed by atoms with Crippen LogP contribution in [0.4, 0.5) is 5.69 Å². The monoisotopic (exact) mass is 405 g/mol. The van der Waals surface area contributed by atoms with Crippen molar-refractivity contribution in [2.24, 2.45) is 0 Å². The molecule has 6 heteroatoms. The third kappa shape index (κ3) is 5.69. The molecule has 1 atom stereocenters. The first kappa shape index (κ1) is 20.2. The van der Waals surface area contributed by atoms with Gasteiger partial charge in [0, 0.05) is 37.7 Å². The van der Waals surface area contributed by atoms with Crippen LogP contribution >= 0.6 is 23.2 Å². The Morgan fingerprint density at radius 2 is 1.78 bits per heavy atom. The van der Waals surface area contributed by atoms with Gasteiger partial charge in [0.1, 0.15) is 0 Å². The predicted octanol–water partition coefficient (Wildman–Crippen LogP) is 4.18. The fourth-order valence-corrected chi connectivity index (χ4v) is 3.76. The molecule has 4 nitrogen and oxygen atoms in total. The molecule has 1 fully saturated rings. The van der Waals surface area contributed by atoms with E-state index in [1.807, 2.05) is 13.0 Å². The summed E-state index contributed by atoms with van der Waals surface area (Å²) in [7, 11) is 0. The van der Waals surface area contributed by atoms with E-state index in [0.717, 1.165) is 39.1 Å². The van der Waals surface area contributed by atoms with Gasteiger partial charge in [-0.1, -0.05) is 53.5 Å². The van der Waals surface area contributed by atoms with Gasteiger partial charge in [-0.25, -0.2) is 0 Å². The van der Waals surface area contributed by atoms with E-state index < -0.39 is 0 Å². The summed E-state index contributed by atoms with van der Waals surface area (Å²) in [6.45, 7) is 6.73. The van der Waals surface area contributed by atoms with Gasteiger partial charge in [0.05, 0.1) is 16.8 Å². The Hall–Kier alpha value is -1.59. The largest absolute Gasteiger partial charge is 0.323 e. The van der Waals surface area contributed by atoms with Gasteiger partial charge in [0.25, 0.3) is 0 Å². The molecular formula is C21H25Cl2N3O. The summed E-state index contributed by atoms with van der Waals surface area (Å²) in [5.41, 5.74) is 1.96. The Morgan fingerprint density at radius 1 is 1.07 bits per heavy atom. The summed E-state index contributed by atoms with van der Waals surface area (Å²) in [6, 6.07) is 15.4. The zero-order valence-corrected chi connectivity index (χ0v) is 17.0. The molecule has 2 aromatic carbocycles. The minimum atomic E-state index is -0.201. The first-order valence-corrected chi connectivity index (χ1v) is 10.0. The number of benzene rings is 2. The second kappa shape index (κ2) is 9.56. The lowest BCUT2D eigenvalue weighted by Crippen LogP contribution is -2.53. The van der Waals surface area contributed by atoms with Crippen molar-refractivity contribution in [3.63, 3.8) is 0 Å². The first-order valence-electron chi connectivity index (χ1n) is 9.29. The number of nitrogens with zero attached hydrogens (tertiary/aromatic N) is 2. The van der Waals surface area contributed by atoms with E-state index in [4.69, 9.17) is 23.2 Å². The zero-order chi connectivity index (χ0) is 19.2. The Kier molecular flexibility index (Phi) is 7.13. The minimum absolute atomic E-state index is 0.0445. The Bertz CT molecular complexity index is 761. The predicted molar refractivity (Wildman–Crippen MR) is 113 cm³/mol. The standard InChI is InChI=1S/C21H25Cl2N3O/c1-16(21(27)24-20-8-7-18(22)15-19(20)23)26-13-11-25(12-14-26)10-9-17-5-3-2-4-6-17/h2-8,15-16H,9-14H2,1H3,(H,24,27). The Labute approximate surface area is 171 Å². The van der Waals surface area contributed by atoms with Crippen LogP contribution in [0.5, 0.6) is 0 Å². The number of amides is 1. The average Bonchev–Trinajstić information content (AvgIpc) is 2.69. The maximum absolute atomic E-state index is 12.6. The van der Waals surface area contributed by atoms with Crippen molar-refractivity contribution in [2.45, 2.75) is 19.4 Å². The minimum Gasteiger partial charge on any atom is -0.323 e. The van der Waals surface area contributed by atoms with Gasteiger partial charge in [-0.2, -0.15) is 0 Å². The van der Waals surface area contributed by atoms with Gasteiger partial charge in [-0.15, -0.1) is 0 Å². The third-order valence-corrected chi connectivity index (χ3v) is 5.63. The summed E-state index contributed by atoms with van der Waals surface area (Å²) in [5.74, 6) is -0.0445. The zero-order valence-electron chi connectivity index (χ0n) is 15.5. The Morgan fingerprint density at radius 3 is 2.44 bits per heavy atom. The fourth-order valence-electron chi connectivity index (χ4n) is 3.30. The highest BCUT2D eigenvalue weighted by molar-refractivity contribution is 6.36. The van der Waals surface area contributed by atoms with Gasteiger partial charge >= 0.3 is 0 Å². The highest BCUT2D eigenvalue weighted by Gasteiger charge is 2.25. The molecule has 27 heavy (non-hydrogen) atoms. The van der Waals surface area contributed by atoms with Gasteiger partial charge < -0.3 is 10.2 Å². The lowest BCUT2D eigenvalue weighted by molar-refractivity contribution is -0.121. The van der Waals surface area contributed by atoms with Crippen molar-refractivity contribution in [3.8, 4) is 0 Å². The van der Waals surface area contributed by atoms with Crippen molar-refractivity contribution in [2.75, 3.05) is 38.0 Å². The maximum Gasteiger partial charge on any atom is 0.241 e. The quantitative estimate of drug-likeness (QED) is 0.782. The van der Waals surface area contributed by atoms with Crippen LogP contribution in [0.1, 0.15) is 12.5 Å². The van der Waals surface area contributed by atoms with E-state index in [2.05, 4.69) is 39.4 Å². The molecule has 0 aromatic heterocycles. The van der Waals surface area contributed by atoms with E-state index >= 15 is 0 Å². The van der Waals surface area contributed by atoms with Crippen LogP contribution < -0.4 is 5.32 Å². The number of carbonyl (C=O) groups is 1. The smallest absolute Gasteiger partial charge is 0.241 e. The molecule has 0 radical (unpaired) electrons. The van der Waals surface area contributed by atoms with Crippen LogP contribution in [0.3, 0.4) is 0 Å². The normalized spacial score (nSPS) is 16.9. The number of rotatable bonds is 6. The first-order chi connectivity index (χ1) is 13.0. The molecule has 1 saturated heterocycles. The number of piperazine rings is 1. The highest BCUT2D eigenvalue weighted by atomic mass is 35.5. The van der Waals surface area contributed by atoms with Crippen molar-refractivity contribution in [1.29, 1.82) is 0 Å². The summed E-state index contributed by atoms with van der Waals surface area (Å²) in [4.78, 5) is 17.3. The lowest BCUT2D eigenvalue weighted by atomic mass is 10.1. The lowest BCUT2D eigenvalue weighted by Gasteiger charge is -2.37. The molecule has 1 heterocycles. The van der Waals surface area contributed by atoms with E-state index in [1.54, 1.807) is 18.2 Å². The number of anilines is 1. The molecule has 0 bridgehead atoms. The number of hydrogen-bond acceptors (Lipinski definition) is 3. The molecule has 1 aliphatic rings. The van der Waals surface area contributed by atoms with Crippen molar-refractivity contribution >= 4 is 34.8 Å². The van der Waals surface area contributed by atoms with Crippen molar-refractivity contribution < 1.29 is 4.79 Å². The SMILES string of the molecule is CC(C(=O)Nc1ccc(Cl)cc1Cl)N1CCN(CCc2ccccc2)CC1. The molecular weight excluding hydrogens is 381 g/mol. The van der Waals surface area contributed by atoms with Crippen LogP contribution in [0.25, 0.3) is 0 Å². The van der Waals surface area contributed by atoms with Crippen LogP contribution in [0.2, 0.25) is 10.0 Å². The van der Waals surface area contributed by atoms with Gasteiger partial charge in [0.15, 0.2) is 0 Å². The van der Waals surface area contributed by atoms with Crippen molar-refractivity contribution in [1.82, 2.24) is 9.80 Å². The molecule has 1 aliphatic heterocycles.